The Morgan fingerprint density at radius 1 is 1.43 bits per heavy atom. The number of carboxylic acid groups (broad SMARTS) is 1. The average molecular weight is 340 g/mol. The highest BCUT2D eigenvalue weighted by molar-refractivity contribution is 6.32. The molecule has 0 unspecified atom stereocenters. The van der Waals surface area contributed by atoms with E-state index in [0.29, 0.717) is 23.5 Å². The number of oxime groups is 1. The molecule has 0 fully saturated rings. The zero-order valence-corrected chi connectivity index (χ0v) is 13.2. The number of ether oxygens (including phenoxy) is 2. The largest absolute Gasteiger partial charge is 0.490 e. The Morgan fingerprint density at radius 3 is 2.74 bits per heavy atom. The number of carboxylic acids is 1. The molecule has 0 aliphatic carbocycles. The Labute approximate surface area is 137 Å². The number of halogens is 1. The van der Waals surface area contributed by atoms with Gasteiger partial charge in [-0.25, -0.2) is 9.59 Å². The molecule has 23 heavy (non-hydrogen) atoms. The van der Waals surface area contributed by atoms with Crippen molar-refractivity contribution in [1.82, 2.24) is 0 Å². The zero-order chi connectivity index (χ0) is 17.0. The summed E-state index contributed by atoms with van der Waals surface area (Å²) in [7, 11) is 0. The van der Waals surface area contributed by atoms with E-state index in [9.17, 15) is 9.59 Å². The normalized spacial score (nSPS) is 15.3. The molecule has 1 aliphatic rings. The second kappa shape index (κ2) is 7.15. The molecule has 0 spiro atoms. The third kappa shape index (κ3) is 4.01. The molecule has 0 aromatic heterocycles. The summed E-state index contributed by atoms with van der Waals surface area (Å²) in [5.74, 6) is -1.26. The summed E-state index contributed by atoms with van der Waals surface area (Å²) in [6.07, 6.45) is 1.56. The van der Waals surface area contributed by atoms with Crippen LogP contribution in [0.3, 0.4) is 0 Å². The van der Waals surface area contributed by atoms with Crippen molar-refractivity contribution in [1.29, 1.82) is 0 Å². The molecule has 1 aromatic rings. The Bertz CT molecular complexity index is 710. The van der Waals surface area contributed by atoms with Gasteiger partial charge in [-0.1, -0.05) is 16.8 Å². The fourth-order valence-corrected chi connectivity index (χ4v) is 2.17. The van der Waals surface area contributed by atoms with E-state index in [1.807, 2.05) is 0 Å². The van der Waals surface area contributed by atoms with Crippen LogP contribution in [0.4, 0.5) is 0 Å². The van der Waals surface area contributed by atoms with Gasteiger partial charge in [0, 0.05) is 0 Å². The highest BCUT2D eigenvalue weighted by Gasteiger charge is 2.22. The predicted octanol–water partition coefficient (Wildman–Crippen LogP) is 2.52. The first-order valence-corrected chi connectivity index (χ1v) is 7.09. The second-order valence-electron chi connectivity index (χ2n) is 4.56. The average Bonchev–Trinajstić information content (AvgIpc) is 2.78. The Kier molecular flexibility index (Phi) is 5.23. The van der Waals surface area contributed by atoms with E-state index in [4.69, 9.17) is 26.2 Å². The zero-order valence-electron chi connectivity index (χ0n) is 12.5. The Morgan fingerprint density at radius 2 is 2.17 bits per heavy atom. The van der Waals surface area contributed by atoms with Crippen molar-refractivity contribution < 1.29 is 29.0 Å². The maximum absolute atomic E-state index is 11.6. The number of carbonyl (C=O) groups excluding carboxylic acids is 1. The van der Waals surface area contributed by atoms with Crippen LogP contribution in [0.1, 0.15) is 19.4 Å². The number of hydrogen-bond donors (Lipinski definition) is 1. The minimum absolute atomic E-state index is 0.137. The monoisotopic (exact) mass is 339 g/mol. The van der Waals surface area contributed by atoms with Gasteiger partial charge in [-0.15, -0.1) is 0 Å². The van der Waals surface area contributed by atoms with Crippen LogP contribution in [0.15, 0.2) is 22.9 Å². The molecular formula is C15H14ClNO6. The van der Waals surface area contributed by atoms with Crippen molar-refractivity contribution in [2.45, 2.75) is 13.8 Å². The van der Waals surface area contributed by atoms with Crippen LogP contribution in [0.2, 0.25) is 5.02 Å². The Balaban J connectivity index is 2.39. The topological polar surface area (TPSA) is 94.4 Å². The highest BCUT2D eigenvalue weighted by Crippen LogP contribution is 2.37. The van der Waals surface area contributed by atoms with Gasteiger partial charge in [0.2, 0.25) is 0 Å². The van der Waals surface area contributed by atoms with E-state index in [1.54, 1.807) is 26.0 Å². The third-order valence-electron chi connectivity index (χ3n) is 2.86. The van der Waals surface area contributed by atoms with Gasteiger partial charge >= 0.3 is 11.9 Å². The third-order valence-corrected chi connectivity index (χ3v) is 3.14. The van der Waals surface area contributed by atoms with E-state index in [0.717, 1.165) is 0 Å². The highest BCUT2D eigenvalue weighted by atomic mass is 35.5. The van der Waals surface area contributed by atoms with Crippen molar-refractivity contribution in [2.24, 2.45) is 5.16 Å². The van der Waals surface area contributed by atoms with Gasteiger partial charge in [-0.05, 0) is 37.6 Å². The van der Waals surface area contributed by atoms with Crippen LogP contribution < -0.4 is 9.47 Å². The van der Waals surface area contributed by atoms with Gasteiger partial charge in [0.25, 0.3) is 0 Å². The molecule has 0 amide bonds. The smallest absolute Gasteiger partial charge is 0.367 e. The van der Waals surface area contributed by atoms with Crippen LogP contribution >= 0.6 is 11.6 Å². The van der Waals surface area contributed by atoms with Crippen molar-refractivity contribution >= 4 is 35.3 Å². The van der Waals surface area contributed by atoms with Crippen molar-refractivity contribution in [3.05, 3.63) is 28.3 Å². The molecule has 0 atom stereocenters. The first-order valence-electron chi connectivity index (χ1n) is 6.71. The molecule has 0 saturated heterocycles. The minimum Gasteiger partial charge on any atom is -0.490 e. The number of hydrogen-bond acceptors (Lipinski definition) is 6. The fourth-order valence-electron chi connectivity index (χ4n) is 1.89. The molecule has 1 aromatic carbocycles. The van der Waals surface area contributed by atoms with Gasteiger partial charge in [-0.2, -0.15) is 0 Å². The number of nitrogens with zero attached hydrogens (tertiary/aromatic N) is 1. The second-order valence-corrected chi connectivity index (χ2v) is 4.97. The molecule has 1 aliphatic heterocycles. The minimum atomic E-state index is -1.13. The quantitative estimate of drug-likeness (QED) is 0.632. The molecule has 2 rings (SSSR count). The summed E-state index contributed by atoms with van der Waals surface area (Å²) >= 11 is 6.14. The van der Waals surface area contributed by atoms with Crippen LogP contribution in [0, 0.1) is 0 Å². The van der Waals surface area contributed by atoms with E-state index >= 15 is 0 Å². The van der Waals surface area contributed by atoms with E-state index < -0.39 is 18.5 Å². The SMILES string of the molecule is CCOc1cc(/C=C2\C(=O)ON=C2C)cc(Cl)c1OCC(=O)O. The lowest BCUT2D eigenvalue weighted by atomic mass is 10.1. The standard InChI is InChI=1S/C15H14ClNO6/c1-3-21-12-6-9(4-10-8(2)17-23-15(10)20)5-11(16)14(12)22-7-13(18)19/h4-6H,3,7H2,1-2H3,(H,18,19)/b10-4-. The van der Waals surface area contributed by atoms with Crippen LogP contribution in [-0.2, 0) is 14.4 Å². The lowest BCUT2D eigenvalue weighted by molar-refractivity contribution is -0.139. The lowest BCUT2D eigenvalue weighted by Gasteiger charge is -2.13. The predicted molar refractivity (Wildman–Crippen MR) is 82.9 cm³/mol. The first kappa shape index (κ1) is 16.8. The summed E-state index contributed by atoms with van der Waals surface area (Å²) in [5, 5.41) is 12.5. The molecule has 8 heteroatoms. The van der Waals surface area contributed by atoms with Crippen molar-refractivity contribution in [3.63, 3.8) is 0 Å². The number of rotatable bonds is 6. The molecule has 0 bridgehead atoms. The fraction of sp³-hybridized carbons (Fsp3) is 0.267. The lowest BCUT2D eigenvalue weighted by Crippen LogP contribution is -2.11. The van der Waals surface area contributed by atoms with Gasteiger partial charge in [-0.3, -0.25) is 0 Å². The van der Waals surface area contributed by atoms with Crippen molar-refractivity contribution in [3.8, 4) is 11.5 Å². The molecule has 1 heterocycles. The van der Waals surface area contributed by atoms with Crippen LogP contribution in [0.25, 0.3) is 6.08 Å². The van der Waals surface area contributed by atoms with Crippen molar-refractivity contribution in [2.75, 3.05) is 13.2 Å². The summed E-state index contributed by atoms with van der Waals surface area (Å²) in [6.45, 7) is 3.21. The van der Waals surface area contributed by atoms with Gasteiger partial charge in [0.15, 0.2) is 18.1 Å². The van der Waals surface area contributed by atoms with Gasteiger partial charge in [0.1, 0.15) is 0 Å². The molecule has 7 nitrogen and oxygen atoms in total. The summed E-state index contributed by atoms with van der Waals surface area (Å²) in [4.78, 5) is 26.8. The summed E-state index contributed by atoms with van der Waals surface area (Å²) in [5.41, 5.74) is 1.34. The number of carbonyl (C=O) groups is 2. The van der Waals surface area contributed by atoms with Gasteiger partial charge < -0.3 is 19.4 Å². The van der Waals surface area contributed by atoms with Crippen LogP contribution in [-0.4, -0.2) is 36.0 Å². The number of benzene rings is 1. The molecular weight excluding hydrogens is 326 g/mol. The maximum atomic E-state index is 11.6. The summed E-state index contributed by atoms with van der Waals surface area (Å²) < 4.78 is 10.6. The molecule has 0 saturated carbocycles. The van der Waals surface area contributed by atoms with E-state index in [2.05, 4.69) is 9.99 Å². The Hall–Kier alpha value is -2.54. The molecule has 122 valence electrons. The van der Waals surface area contributed by atoms with E-state index in [-0.39, 0.29) is 16.5 Å². The first-order chi connectivity index (χ1) is 10.9. The van der Waals surface area contributed by atoms with Crippen LogP contribution in [0.5, 0.6) is 11.5 Å². The molecule has 0 radical (unpaired) electrons. The molecule has 1 N–H and O–H groups in total. The van der Waals surface area contributed by atoms with Gasteiger partial charge in [0.05, 0.1) is 22.9 Å². The maximum Gasteiger partial charge on any atom is 0.367 e. The number of aliphatic carboxylic acids is 1. The summed E-state index contributed by atoms with van der Waals surface area (Å²) in [6, 6.07) is 3.13. The van der Waals surface area contributed by atoms with E-state index in [1.165, 1.54) is 6.07 Å².